The number of carbonyl (C=O) groups is 3. The Bertz CT molecular complexity index is 1640. The number of piperidine rings is 1. The summed E-state index contributed by atoms with van der Waals surface area (Å²) in [6, 6.07) is 15.1. The van der Waals surface area contributed by atoms with E-state index in [2.05, 4.69) is 11.4 Å². The maximum atomic E-state index is 13.3. The van der Waals surface area contributed by atoms with E-state index in [1.54, 1.807) is 24.0 Å². The van der Waals surface area contributed by atoms with Crippen molar-refractivity contribution < 1.29 is 28.6 Å². The minimum Gasteiger partial charge on any atom is -0.490 e. The summed E-state index contributed by atoms with van der Waals surface area (Å²) in [6.07, 6.45) is 6.41. The largest absolute Gasteiger partial charge is 0.490 e. The molecule has 262 valence electrons. The number of carbonyl (C=O) groups excluding carboxylic acids is 3. The van der Waals surface area contributed by atoms with Crippen LogP contribution < -0.4 is 15.0 Å². The fraction of sp³-hybridized carbons (Fsp3) is 0.541. The summed E-state index contributed by atoms with van der Waals surface area (Å²) >= 11 is 0. The lowest BCUT2D eigenvalue weighted by Gasteiger charge is -2.33. The normalized spacial score (nSPS) is 15.8. The molecule has 2 aromatic carbocycles. The number of nitrogens with zero attached hydrogens (tertiary/aromatic N) is 5. The van der Waals surface area contributed by atoms with Crippen molar-refractivity contribution in [2.24, 2.45) is 0 Å². The molecule has 1 aromatic heterocycles. The van der Waals surface area contributed by atoms with E-state index < -0.39 is 5.60 Å². The quantitative estimate of drug-likeness (QED) is 0.254. The van der Waals surface area contributed by atoms with Crippen LogP contribution in [0.4, 0.5) is 10.5 Å². The number of fused-ring (bicyclic) bond motifs is 1. The fourth-order valence-corrected chi connectivity index (χ4v) is 6.39. The summed E-state index contributed by atoms with van der Waals surface area (Å²) in [5.74, 6) is 0.799. The number of hydrogen-bond donors (Lipinski definition) is 1. The molecule has 49 heavy (non-hydrogen) atoms. The number of likely N-dealkylation sites (tertiary alicyclic amines) is 1. The highest BCUT2D eigenvalue weighted by atomic mass is 16.6. The van der Waals surface area contributed by atoms with Crippen molar-refractivity contribution in [1.29, 1.82) is 5.26 Å². The molecule has 0 unspecified atom stereocenters. The SMILES string of the molecule is CCOC(=O)CN(Cc1nc2cc(C#N)ccc2n1CC(=O)NC1CCCCC1)c1ccc(OC2CCN(C(=O)OC(C)(C)C)CC2)cc1. The second kappa shape index (κ2) is 16.1. The molecule has 2 fully saturated rings. The third-order valence-electron chi connectivity index (χ3n) is 8.78. The van der Waals surface area contributed by atoms with Crippen molar-refractivity contribution in [2.45, 2.75) is 103 Å². The lowest BCUT2D eigenvalue weighted by atomic mass is 9.95. The third kappa shape index (κ3) is 9.87. The van der Waals surface area contributed by atoms with Crippen LogP contribution in [0.15, 0.2) is 42.5 Å². The fourth-order valence-electron chi connectivity index (χ4n) is 6.39. The summed E-state index contributed by atoms with van der Waals surface area (Å²) in [5.41, 5.74) is 2.04. The second-order valence-electron chi connectivity index (χ2n) is 13.8. The van der Waals surface area contributed by atoms with Gasteiger partial charge in [0, 0.05) is 37.7 Å². The Morgan fingerprint density at radius 3 is 2.39 bits per heavy atom. The van der Waals surface area contributed by atoms with Crippen molar-refractivity contribution in [2.75, 3.05) is 31.1 Å². The van der Waals surface area contributed by atoms with Gasteiger partial charge in [0.15, 0.2) is 0 Å². The summed E-state index contributed by atoms with van der Waals surface area (Å²) in [5, 5.41) is 12.7. The van der Waals surface area contributed by atoms with Crippen LogP contribution >= 0.6 is 0 Å². The van der Waals surface area contributed by atoms with Gasteiger partial charge in [0.2, 0.25) is 5.91 Å². The van der Waals surface area contributed by atoms with Crippen molar-refractivity contribution in [1.82, 2.24) is 19.8 Å². The van der Waals surface area contributed by atoms with Crippen LogP contribution in [0.3, 0.4) is 0 Å². The van der Waals surface area contributed by atoms with Crippen LogP contribution in [-0.4, -0.2) is 76.4 Å². The van der Waals surface area contributed by atoms with Crippen molar-refractivity contribution >= 4 is 34.7 Å². The van der Waals surface area contributed by atoms with Gasteiger partial charge in [-0.1, -0.05) is 19.3 Å². The molecular weight excluding hydrogens is 624 g/mol. The van der Waals surface area contributed by atoms with Crippen molar-refractivity contribution in [3.63, 3.8) is 0 Å². The first-order valence-electron chi connectivity index (χ1n) is 17.3. The molecular formula is C37H48N6O6. The molecule has 1 N–H and O–H groups in total. The van der Waals surface area contributed by atoms with Crippen LogP contribution in [0, 0.1) is 11.3 Å². The van der Waals surface area contributed by atoms with Gasteiger partial charge < -0.3 is 33.9 Å². The second-order valence-corrected chi connectivity index (χ2v) is 13.8. The van der Waals surface area contributed by atoms with Crippen LogP contribution in [0.1, 0.15) is 84.0 Å². The Labute approximate surface area is 288 Å². The average molecular weight is 673 g/mol. The van der Waals surface area contributed by atoms with Gasteiger partial charge in [-0.3, -0.25) is 9.59 Å². The molecule has 0 radical (unpaired) electrons. The van der Waals surface area contributed by atoms with Crippen molar-refractivity contribution in [3.05, 3.63) is 53.9 Å². The zero-order valence-electron chi connectivity index (χ0n) is 29.1. The van der Waals surface area contributed by atoms with Gasteiger partial charge in [-0.25, -0.2) is 9.78 Å². The molecule has 1 aliphatic heterocycles. The standard InChI is InChI=1S/C37H48N6O6/c1-5-47-35(45)25-42(28-12-14-29(15-13-28)48-30-17-19-41(20-18-30)36(46)49-37(2,3)4)23-33-40-31-21-26(22-38)11-16-32(31)43(33)24-34(44)39-27-9-7-6-8-10-27/h11-16,21,27,30H,5-10,17-20,23-25H2,1-4H3,(H,39,44). The zero-order valence-corrected chi connectivity index (χ0v) is 29.1. The van der Waals surface area contributed by atoms with Gasteiger partial charge in [-0.05, 0) is 83.0 Å². The Balaban J connectivity index is 1.32. The maximum absolute atomic E-state index is 13.3. The summed E-state index contributed by atoms with van der Waals surface area (Å²) in [6.45, 7) is 8.97. The first-order valence-corrected chi connectivity index (χ1v) is 17.3. The van der Waals surface area contributed by atoms with E-state index in [-0.39, 0.29) is 56.4 Å². The summed E-state index contributed by atoms with van der Waals surface area (Å²) in [7, 11) is 0. The number of imidazole rings is 1. The summed E-state index contributed by atoms with van der Waals surface area (Å²) < 4.78 is 18.9. The maximum Gasteiger partial charge on any atom is 0.410 e. The van der Waals surface area contributed by atoms with E-state index in [4.69, 9.17) is 19.2 Å². The highest BCUT2D eigenvalue weighted by molar-refractivity contribution is 5.82. The van der Waals surface area contributed by atoms with Crippen molar-refractivity contribution in [3.8, 4) is 11.8 Å². The smallest absolute Gasteiger partial charge is 0.410 e. The van der Waals surface area contributed by atoms with E-state index in [9.17, 15) is 19.6 Å². The summed E-state index contributed by atoms with van der Waals surface area (Å²) in [4.78, 5) is 46.9. The number of amides is 2. The first-order chi connectivity index (χ1) is 23.5. The molecule has 0 atom stereocenters. The number of esters is 1. The van der Waals surface area contributed by atoms with E-state index >= 15 is 0 Å². The van der Waals surface area contributed by atoms with Crippen LogP contribution in [0.5, 0.6) is 5.75 Å². The predicted molar refractivity (Wildman–Crippen MR) is 185 cm³/mol. The number of rotatable bonds is 11. The number of aromatic nitrogens is 2. The molecule has 2 aliphatic rings. The molecule has 0 bridgehead atoms. The molecule has 12 nitrogen and oxygen atoms in total. The van der Waals surface area contributed by atoms with Crippen LogP contribution in [0.25, 0.3) is 11.0 Å². The topological polar surface area (TPSA) is 139 Å². The average Bonchev–Trinajstić information content (AvgIpc) is 3.40. The van der Waals surface area contributed by atoms with E-state index in [0.29, 0.717) is 48.6 Å². The molecule has 2 amide bonds. The Kier molecular flexibility index (Phi) is 11.6. The Hall–Kier alpha value is -4.79. The van der Waals surface area contributed by atoms with Gasteiger partial charge in [0.1, 0.15) is 36.4 Å². The first kappa shape index (κ1) is 35.5. The van der Waals surface area contributed by atoms with Gasteiger partial charge in [0.25, 0.3) is 0 Å². The lowest BCUT2D eigenvalue weighted by Crippen LogP contribution is -2.44. The van der Waals surface area contributed by atoms with Gasteiger partial charge in [0.05, 0.1) is 35.8 Å². The molecule has 5 rings (SSSR count). The molecule has 3 aromatic rings. The van der Waals surface area contributed by atoms with Gasteiger partial charge in [-0.15, -0.1) is 0 Å². The molecule has 1 saturated heterocycles. The monoisotopic (exact) mass is 672 g/mol. The van der Waals surface area contributed by atoms with E-state index in [0.717, 1.165) is 36.9 Å². The zero-order chi connectivity index (χ0) is 35.0. The lowest BCUT2D eigenvalue weighted by molar-refractivity contribution is -0.141. The molecule has 1 saturated carbocycles. The third-order valence-corrected chi connectivity index (χ3v) is 8.78. The van der Waals surface area contributed by atoms with E-state index in [1.807, 2.05) is 60.6 Å². The molecule has 2 heterocycles. The van der Waals surface area contributed by atoms with Gasteiger partial charge in [-0.2, -0.15) is 5.26 Å². The van der Waals surface area contributed by atoms with Gasteiger partial charge >= 0.3 is 12.1 Å². The van der Waals surface area contributed by atoms with Crippen LogP contribution in [-0.2, 0) is 32.2 Å². The number of anilines is 1. The number of nitrogens with one attached hydrogen (secondary N) is 1. The number of nitriles is 1. The minimum absolute atomic E-state index is 0.0297. The Morgan fingerprint density at radius 1 is 1.02 bits per heavy atom. The van der Waals surface area contributed by atoms with E-state index in [1.165, 1.54) is 6.42 Å². The van der Waals surface area contributed by atoms with Crippen LogP contribution in [0.2, 0.25) is 0 Å². The molecule has 0 spiro atoms. The number of hydrogen-bond acceptors (Lipinski definition) is 9. The Morgan fingerprint density at radius 2 is 1.73 bits per heavy atom. The highest BCUT2D eigenvalue weighted by Gasteiger charge is 2.28. The number of ether oxygens (including phenoxy) is 3. The predicted octanol–water partition coefficient (Wildman–Crippen LogP) is 5.70. The number of benzene rings is 2. The molecule has 1 aliphatic carbocycles. The molecule has 12 heteroatoms. The highest BCUT2D eigenvalue weighted by Crippen LogP contribution is 2.27. The minimum atomic E-state index is -0.538.